The van der Waals surface area contributed by atoms with Gasteiger partial charge >= 0.3 is 0 Å². The van der Waals surface area contributed by atoms with Crippen molar-refractivity contribution < 1.29 is 14.3 Å². The number of morpholine rings is 1. The van der Waals surface area contributed by atoms with E-state index in [9.17, 15) is 9.59 Å². The van der Waals surface area contributed by atoms with E-state index in [-0.39, 0.29) is 23.8 Å². The van der Waals surface area contributed by atoms with Crippen LogP contribution < -0.4 is 11.1 Å². The van der Waals surface area contributed by atoms with Crippen molar-refractivity contribution in [2.75, 3.05) is 32.8 Å². The van der Waals surface area contributed by atoms with Gasteiger partial charge in [0, 0.05) is 38.0 Å². The molecule has 1 fully saturated rings. The molecule has 2 atom stereocenters. The maximum atomic E-state index is 11.9. The van der Waals surface area contributed by atoms with Gasteiger partial charge in [-0.2, -0.15) is 0 Å². The molecule has 0 saturated carbocycles. The zero-order chi connectivity index (χ0) is 15.7. The monoisotopic (exact) mass is 299 g/mol. The molecule has 21 heavy (non-hydrogen) atoms. The Balaban J connectivity index is 2.12. The summed E-state index contributed by atoms with van der Waals surface area (Å²) >= 11 is 0. The van der Waals surface area contributed by atoms with Gasteiger partial charge in [-0.15, -0.1) is 0 Å². The number of carbonyl (C=O) groups is 2. The first-order valence-corrected chi connectivity index (χ1v) is 7.89. The fourth-order valence-corrected chi connectivity index (χ4v) is 2.31. The summed E-state index contributed by atoms with van der Waals surface area (Å²) in [5, 5.41) is 2.84. The summed E-state index contributed by atoms with van der Waals surface area (Å²) in [5.41, 5.74) is 5.69. The summed E-state index contributed by atoms with van der Waals surface area (Å²) in [4.78, 5) is 25.6. The first-order chi connectivity index (χ1) is 10.0. The van der Waals surface area contributed by atoms with Crippen LogP contribution in [0.3, 0.4) is 0 Å². The summed E-state index contributed by atoms with van der Waals surface area (Å²) in [5.74, 6) is 0.0832. The van der Waals surface area contributed by atoms with E-state index in [1.807, 2.05) is 13.8 Å². The summed E-state index contributed by atoms with van der Waals surface area (Å²) in [6.45, 7) is 6.82. The van der Waals surface area contributed by atoms with E-state index in [4.69, 9.17) is 10.5 Å². The first-order valence-electron chi connectivity index (χ1n) is 7.89. The zero-order valence-corrected chi connectivity index (χ0v) is 13.3. The van der Waals surface area contributed by atoms with Crippen molar-refractivity contribution >= 4 is 11.8 Å². The van der Waals surface area contributed by atoms with E-state index in [1.165, 1.54) is 0 Å². The lowest BCUT2D eigenvalue weighted by Gasteiger charge is -2.27. The molecule has 6 nitrogen and oxygen atoms in total. The second-order valence-corrected chi connectivity index (χ2v) is 5.84. The Morgan fingerprint density at radius 3 is 2.52 bits per heavy atom. The lowest BCUT2D eigenvalue weighted by atomic mass is 10.0. The van der Waals surface area contributed by atoms with Crippen LogP contribution in [0.25, 0.3) is 0 Å². The van der Waals surface area contributed by atoms with Crippen molar-refractivity contribution in [1.82, 2.24) is 10.2 Å². The number of hydrogen-bond donors (Lipinski definition) is 2. The summed E-state index contributed by atoms with van der Waals surface area (Å²) in [6, 6.07) is 0.186. The molecular weight excluding hydrogens is 270 g/mol. The third kappa shape index (κ3) is 7.43. The molecule has 122 valence electrons. The summed E-state index contributed by atoms with van der Waals surface area (Å²) in [7, 11) is 0. The van der Waals surface area contributed by atoms with Gasteiger partial charge in [-0.3, -0.25) is 9.59 Å². The number of nitrogens with one attached hydrogen (secondary N) is 1. The SMILES string of the molecule is CC(N)CCCC(C)C(=O)NCCC(=O)N1CCOCC1. The van der Waals surface area contributed by atoms with Crippen LogP contribution in [-0.2, 0) is 14.3 Å². The second kappa shape index (κ2) is 9.73. The van der Waals surface area contributed by atoms with Crippen LogP contribution in [-0.4, -0.2) is 55.6 Å². The van der Waals surface area contributed by atoms with Gasteiger partial charge in [0.25, 0.3) is 0 Å². The zero-order valence-electron chi connectivity index (χ0n) is 13.3. The minimum atomic E-state index is -0.0257. The molecule has 0 spiro atoms. The van der Waals surface area contributed by atoms with Gasteiger partial charge in [0.2, 0.25) is 11.8 Å². The minimum absolute atomic E-state index is 0.0226. The molecule has 0 aromatic rings. The van der Waals surface area contributed by atoms with Gasteiger partial charge < -0.3 is 20.7 Å². The standard InChI is InChI=1S/C15H29N3O3/c1-12(4-3-5-13(2)16)15(20)17-7-6-14(19)18-8-10-21-11-9-18/h12-13H,3-11,16H2,1-2H3,(H,17,20). The van der Waals surface area contributed by atoms with Crippen LogP contribution in [0, 0.1) is 5.92 Å². The second-order valence-electron chi connectivity index (χ2n) is 5.84. The van der Waals surface area contributed by atoms with Crippen LogP contribution >= 0.6 is 0 Å². The third-order valence-electron chi connectivity index (χ3n) is 3.75. The van der Waals surface area contributed by atoms with Crippen LogP contribution in [0.1, 0.15) is 39.5 Å². The lowest BCUT2D eigenvalue weighted by molar-refractivity contribution is -0.135. The van der Waals surface area contributed by atoms with Gasteiger partial charge in [0.15, 0.2) is 0 Å². The molecule has 3 N–H and O–H groups in total. The lowest BCUT2D eigenvalue weighted by Crippen LogP contribution is -2.42. The Hall–Kier alpha value is -1.14. The Labute approximate surface area is 127 Å². The van der Waals surface area contributed by atoms with Crippen LogP contribution in [0.2, 0.25) is 0 Å². The largest absolute Gasteiger partial charge is 0.378 e. The van der Waals surface area contributed by atoms with Gasteiger partial charge in [-0.1, -0.05) is 13.3 Å². The number of amides is 2. The number of hydrogen-bond acceptors (Lipinski definition) is 4. The Morgan fingerprint density at radius 1 is 1.24 bits per heavy atom. The van der Waals surface area contributed by atoms with Crippen molar-refractivity contribution in [2.24, 2.45) is 11.7 Å². The molecule has 0 radical (unpaired) electrons. The van der Waals surface area contributed by atoms with Crippen molar-refractivity contribution in [1.29, 1.82) is 0 Å². The molecule has 1 heterocycles. The predicted octanol–water partition coefficient (Wildman–Crippen LogP) is 0.505. The van der Waals surface area contributed by atoms with E-state index < -0.39 is 0 Å². The maximum Gasteiger partial charge on any atom is 0.224 e. The smallest absolute Gasteiger partial charge is 0.224 e. The van der Waals surface area contributed by atoms with E-state index >= 15 is 0 Å². The molecule has 1 rings (SSSR count). The Bertz CT molecular complexity index is 328. The highest BCUT2D eigenvalue weighted by Gasteiger charge is 2.17. The molecule has 1 saturated heterocycles. The fraction of sp³-hybridized carbons (Fsp3) is 0.867. The average molecular weight is 299 g/mol. The first kappa shape index (κ1) is 17.9. The third-order valence-corrected chi connectivity index (χ3v) is 3.75. The number of carbonyl (C=O) groups excluding carboxylic acids is 2. The molecule has 2 unspecified atom stereocenters. The van der Waals surface area contributed by atoms with E-state index in [0.29, 0.717) is 39.3 Å². The van der Waals surface area contributed by atoms with Gasteiger partial charge in [-0.25, -0.2) is 0 Å². The number of ether oxygens (including phenoxy) is 1. The van der Waals surface area contributed by atoms with Crippen molar-refractivity contribution in [3.05, 3.63) is 0 Å². The van der Waals surface area contributed by atoms with E-state index in [2.05, 4.69) is 5.32 Å². The fourth-order valence-electron chi connectivity index (χ4n) is 2.31. The molecular formula is C15H29N3O3. The van der Waals surface area contributed by atoms with E-state index in [0.717, 1.165) is 19.3 Å². The minimum Gasteiger partial charge on any atom is -0.378 e. The number of rotatable bonds is 8. The molecule has 0 aromatic heterocycles. The van der Waals surface area contributed by atoms with E-state index in [1.54, 1.807) is 4.90 Å². The maximum absolute atomic E-state index is 11.9. The Kier molecular flexibility index (Phi) is 8.30. The van der Waals surface area contributed by atoms with Gasteiger partial charge in [0.05, 0.1) is 13.2 Å². The van der Waals surface area contributed by atoms with Gasteiger partial charge in [-0.05, 0) is 19.8 Å². The molecule has 6 heteroatoms. The van der Waals surface area contributed by atoms with Gasteiger partial charge in [0.1, 0.15) is 0 Å². The molecule has 0 aromatic carbocycles. The molecule has 1 aliphatic rings. The topological polar surface area (TPSA) is 84.7 Å². The van der Waals surface area contributed by atoms with Crippen LogP contribution in [0.4, 0.5) is 0 Å². The molecule has 0 bridgehead atoms. The highest BCUT2D eigenvalue weighted by Crippen LogP contribution is 2.09. The van der Waals surface area contributed by atoms with Crippen LogP contribution in [0.15, 0.2) is 0 Å². The normalized spacial score (nSPS) is 18.1. The highest BCUT2D eigenvalue weighted by atomic mass is 16.5. The van der Waals surface area contributed by atoms with Crippen molar-refractivity contribution in [3.8, 4) is 0 Å². The summed E-state index contributed by atoms with van der Waals surface area (Å²) < 4.78 is 5.21. The molecule has 0 aliphatic carbocycles. The number of nitrogens with zero attached hydrogens (tertiary/aromatic N) is 1. The van der Waals surface area contributed by atoms with Crippen LogP contribution in [0.5, 0.6) is 0 Å². The van der Waals surface area contributed by atoms with Crippen molar-refractivity contribution in [3.63, 3.8) is 0 Å². The average Bonchev–Trinajstić information content (AvgIpc) is 2.47. The van der Waals surface area contributed by atoms with Crippen molar-refractivity contribution in [2.45, 2.75) is 45.6 Å². The quantitative estimate of drug-likeness (QED) is 0.684. The molecule has 1 aliphatic heterocycles. The number of nitrogens with two attached hydrogens (primary N) is 1. The predicted molar refractivity (Wildman–Crippen MR) is 81.7 cm³/mol. The Morgan fingerprint density at radius 2 is 1.90 bits per heavy atom. The highest BCUT2D eigenvalue weighted by molar-refractivity contribution is 5.80. The summed E-state index contributed by atoms with van der Waals surface area (Å²) in [6.07, 6.45) is 3.09. The molecule has 2 amide bonds.